The van der Waals surface area contributed by atoms with Crippen LogP contribution in [0.2, 0.25) is 0 Å². The monoisotopic (exact) mass is 275 g/mol. The highest BCUT2D eigenvalue weighted by atomic mass is 16.3. The zero-order valence-electron chi connectivity index (χ0n) is 12.1. The summed E-state index contributed by atoms with van der Waals surface area (Å²) in [6, 6.07) is 7.05. The van der Waals surface area contributed by atoms with Crippen LogP contribution in [0.3, 0.4) is 0 Å². The summed E-state index contributed by atoms with van der Waals surface area (Å²) < 4.78 is 0. The number of aliphatic hydroxyl groups is 1. The Hall–Kier alpha value is -1.85. The molecule has 1 aromatic carbocycles. The van der Waals surface area contributed by atoms with Crippen LogP contribution in [0.5, 0.6) is 5.75 Å². The van der Waals surface area contributed by atoms with E-state index in [1.165, 1.54) is 0 Å². The van der Waals surface area contributed by atoms with Gasteiger partial charge in [-0.3, -0.25) is 0 Å². The van der Waals surface area contributed by atoms with E-state index in [1.807, 2.05) is 31.1 Å². The van der Waals surface area contributed by atoms with Crippen LogP contribution >= 0.6 is 0 Å². The van der Waals surface area contributed by atoms with Crippen molar-refractivity contribution < 1.29 is 10.2 Å². The number of rotatable bonds is 5. The average Bonchev–Trinajstić information content (AvgIpc) is 2.35. The minimum atomic E-state index is -0.857. The van der Waals surface area contributed by atoms with E-state index in [0.717, 1.165) is 10.8 Å². The molecule has 5 nitrogen and oxygen atoms in total. The highest BCUT2D eigenvalue weighted by Gasteiger charge is 2.21. The van der Waals surface area contributed by atoms with Gasteiger partial charge in [-0.15, -0.1) is 0 Å². The molecular weight excluding hydrogens is 254 g/mol. The molecule has 0 radical (unpaired) electrons. The van der Waals surface area contributed by atoms with E-state index in [-0.39, 0.29) is 5.75 Å². The Kier molecular flexibility index (Phi) is 4.11. The first-order valence-corrected chi connectivity index (χ1v) is 6.56. The molecule has 0 saturated carbocycles. The molecule has 5 heteroatoms. The lowest BCUT2D eigenvalue weighted by Gasteiger charge is -2.27. The molecule has 1 atom stereocenters. The third-order valence-electron chi connectivity index (χ3n) is 3.04. The zero-order valence-corrected chi connectivity index (χ0v) is 12.1. The fourth-order valence-corrected chi connectivity index (χ4v) is 2.31. The van der Waals surface area contributed by atoms with Gasteiger partial charge in [-0.1, -0.05) is 6.07 Å². The first-order chi connectivity index (χ1) is 9.37. The summed E-state index contributed by atoms with van der Waals surface area (Å²) in [5.74, 6) is 0.867. The van der Waals surface area contributed by atoms with Crippen molar-refractivity contribution in [2.75, 3.05) is 32.5 Å². The third-order valence-corrected chi connectivity index (χ3v) is 3.04. The van der Waals surface area contributed by atoms with E-state index in [0.29, 0.717) is 18.9 Å². The number of phenolic OH excluding ortho intramolecular Hbond substituents is 1. The number of nitrogens with one attached hydrogen (secondary N) is 1. The Labute approximate surface area is 118 Å². The van der Waals surface area contributed by atoms with Crippen LogP contribution in [0, 0.1) is 0 Å². The van der Waals surface area contributed by atoms with Crippen molar-refractivity contribution in [2.45, 2.75) is 12.5 Å². The Morgan fingerprint density at radius 2 is 2.05 bits per heavy atom. The number of phenols is 1. The first kappa shape index (κ1) is 14.6. The largest absolute Gasteiger partial charge is 0.508 e. The number of likely N-dealkylation sites (N-methyl/N-ethyl adjacent to an activating group) is 1. The predicted molar refractivity (Wildman–Crippen MR) is 81.1 cm³/mol. The standard InChI is InChI=1S/C15H21N3O2/c1-15(20,10-18(2)3)9-17-14-13-8-12(19)5-4-11(13)6-7-16-14/h4-8,19-20H,9-10H2,1-3H3,(H,16,17). The molecule has 0 aliphatic carbocycles. The van der Waals surface area contributed by atoms with Crippen molar-refractivity contribution in [3.63, 3.8) is 0 Å². The molecule has 0 aliphatic heterocycles. The number of hydrogen-bond acceptors (Lipinski definition) is 5. The van der Waals surface area contributed by atoms with E-state index in [1.54, 1.807) is 25.3 Å². The fourth-order valence-electron chi connectivity index (χ4n) is 2.31. The van der Waals surface area contributed by atoms with Crippen LogP contribution < -0.4 is 5.32 Å². The van der Waals surface area contributed by atoms with Crippen LogP contribution in [0.25, 0.3) is 10.8 Å². The van der Waals surface area contributed by atoms with E-state index >= 15 is 0 Å². The predicted octanol–water partition coefficient (Wildman–Crippen LogP) is 1.66. The zero-order chi connectivity index (χ0) is 14.8. The molecule has 20 heavy (non-hydrogen) atoms. The van der Waals surface area contributed by atoms with Crippen molar-refractivity contribution in [1.82, 2.24) is 9.88 Å². The molecule has 3 N–H and O–H groups in total. The van der Waals surface area contributed by atoms with Gasteiger partial charge < -0.3 is 20.4 Å². The number of fused-ring (bicyclic) bond motifs is 1. The van der Waals surface area contributed by atoms with Crippen LogP contribution in [-0.4, -0.2) is 52.9 Å². The van der Waals surface area contributed by atoms with Gasteiger partial charge in [-0.2, -0.15) is 0 Å². The van der Waals surface area contributed by atoms with E-state index < -0.39 is 5.60 Å². The molecule has 1 aromatic heterocycles. The summed E-state index contributed by atoms with van der Waals surface area (Å²) in [5, 5.41) is 24.9. The maximum atomic E-state index is 10.3. The summed E-state index contributed by atoms with van der Waals surface area (Å²) in [4.78, 5) is 6.22. The quantitative estimate of drug-likeness (QED) is 0.774. The molecule has 0 spiro atoms. The molecule has 0 aliphatic rings. The molecule has 1 heterocycles. The highest BCUT2D eigenvalue weighted by molar-refractivity contribution is 5.92. The first-order valence-electron chi connectivity index (χ1n) is 6.56. The SMILES string of the molecule is CN(C)CC(C)(O)CNc1nccc2ccc(O)cc12. The molecule has 2 aromatic rings. The van der Waals surface area contributed by atoms with Crippen LogP contribution in [0.4, 0.5) is 5.82 Å². The molecule has 1 unspecified atom stereocenters. The second kappa shape index (κ2) is 5.64. The minimum Gasteiger partial charge on any atom is -0.508 e. The Morgan fingerprint density at radius 1 is 1.30 bits per heavy atom. The number of aromatic hydroxyl groups is 1. The lowest BCUT2D eigenvalue weighted by molar-refractivity contribution is 0.0459. The van der Waals surface area contributed by atoms with E-state index in [2.05, 4.69) is 10.3 Å². The normalized spacial score (nSPS) is 14.4. The van der Waals surface area contributed by atoms with Crippen LogP contribution in [0.1, 0.15) is 6.92 Å². The second-order valence-corrected chi connectivity index (χ2v) is 5.65. The van der Waals surface area contributed by atoms with Gasteiger partial charge in [0.25, 0.3) is 0 Å². The third kappa shape index (κ3) is 3.59. The van der Waals surface area contributed by atoms with E-state index in [4.69, 9.17) is 0 Å². The number of aromatic nitrogens is 1. The van der Waals surface area contributed by atoms with Gasteiger partial charge in [0, 0.05) is 24.7 Å². The summed E-state index contributed by atoms with van der Waals surface area (Å²) in [6.07, 6.45) is 1.71. The number of hydrogen-bond donors (Lipinski definition) is 3. The lowest BCUT2D eigenvalue weighted by atomic mass is 10.1. The van der Waals surface area contributed by atoms with Gasteiger partial charge in [0.2, 0.25) is 0 Å². The number of nitrogens with zero attached hydrogens (tertiary/aromatic N) is 2. The molecule has 108 valence electrons. The van der Waals surface area contributed by atoms with Gasteiger partial charge >= 0.3 is 0 Å². The Bertz CT molecular complexity index is 597. The second-order valence-electron chi connectivity index (χ2n) is 5.65. The molecule has 0 fully saturated rings. The van der Waals surface area contributed by atoms with Gasteiger partial charge in [0.1, 0.15) is 11.6 Å². The van der Waals surface area contributed by atoms with Crippen molar-refractivity contribution in [3.05, 3.63) is 30.5 Å². The summed E-state index contributed by atoms with van der Waals surface area (Å²) in [5.41, 5.74) is -0.857. The number of benzene rings is 1. The maximum absolute atomic E-state index is 10.3. The molecule has 0 saturated heterocycles. The van der Waals surface area contributed by atoms with Crippen molar-refractivity contribution in [1.29, 1.82) is 0 Å². The fraction of sp³-hybridized carbons (Fsp3) is 0.400. The van der Waals surface area contributed by atoms with Crippen molar-refractivity contribution >= 4 is 16.6 Å². The molecule has 0 bridgehead atoms. The van der Waals surface area contributed by atoms with Crippen molar-refractivity contribution in [2.24, 2.45) is 0 Å². The summed E-state index contributed by atoms with van der Waals surface area (Å²) in [6.45, 7) is 2.71. The Balaban J connectivity index is 2.20. The van der Waals surface area contributed by atoms with Crippen molar-refractivity contribution in [3.8, 4) is 5.75 Å². The van der Waals surface area contributed by atoms with Gasteiger partial charge in [-0.05, 0) is 44.6 Å². The summed E-state index contributed by atoms with van der Waals surface area (Å²) in [7, 11) is 3.84. The van der Waals surface area contributed by atoms with Gasteiger partial charge in [-0.25, -0.2) is 4.98 Å². The van der Waals surface area contributed by atoms with Gasteiger partial charge in [0.15, 0.2) is 0 Å². The molecular formula is C15H21N3O2. The van der Waals surface area contributed by atoms with Crippen LogP contribution in [-0.2, 0) is 0 Å². The summed E-state index contributed by atoms with van der Waals surface area (Å²) >= 11 is 0. The van der Waals surface area contributed by atoms with E-state index in [9.17, 15) is 10.2 Å². The van der Waals surface area contributed by atoms with Gasteiger partial charge in [0.05, 0.1) is 5.60 Å². The molecule has 0 amide bonds. The number of anilines is 1. The minimum absolute atomic E-state index is 0.202. The van der Waals surface area contributed by atoms with Crippen LogP contribution in [0.15, 0.2) is 30.5 Å². The smallest absolute Gasteiger partial charge is 0.134 e. The topological polar surface area (TPSA) is 68.6 Å². The average molecular weight is 275 g/mol. The molecule has 2 rings (SSSR count). The Morgan fingerprint density at radius 3 is 2.75 bits per heavy atom. The lowest BCUT2D eigenvalue weighted by Crippen LogP contribution is -2.43. The number of pyridine rings is 1. The maximum Gasteiger partial charge on any atom is 0.134 e. The highest BCUT2D eigenvalue weighted by Crippen LogP contribution is 2.25.